The number of hydrogen-bond acceptors (Lipinski definition) is 12. The van der Waals surface area contributed by atoms with E-state index in [0.717, 1.165) is 54.6 Å². The van der Waals surface area contributed by atoms with Crippen LogP contribution < -0.4 is 21.7 Å². The standard InChI is InChI=1S/C11H13BrN4O.C11H12ClN3O.2C10H10BrN3O2/c1-7-2-3-16(11(17)15-7)6-8-4-9(12)5-14-10(8)13;1-8-3-5-15(11(16)14-8)7-10-6-9(12)2-4-13-10;11-7-1-3-12-8(5-7)6-14-4-2-9(15)13-10(14)16;11-7-4-12-9(13-5-7)6-14-2-1-8(15)3-10(14)16/h4-5H,1-3,6H2,(H2,13,14)(H,15,17);2,4,6H,1,3,5,7H2,(H,14,16);1,3,5H,2,4,6H2,(H,13,15,16);4-5H,1-3,6H2. The van der Waals surface area contributed by atoms with Gasteiger partial charge in [0, 0.05) is 114 Å². The van der Waals surface area contributed by atoms with Crippen molar-refractivity contribution in [2.24, 2.45) is 0 Å². The van der Waals surface area contributed by atoms with Crippen molar-refractivity contribution in [1.29, 1.82) is 0 Å². The number of carbonyl (C=O) groups is 6. The summed E-state index contributed by atoms with van der Waals surface area (Å²) in [6.07, 6.45) is 10.5. The Balaban J connectivity index is 0.000000163. The number of likely N-dealkylation sites (tertiary alicyclic amines) is 1. The van der Waals surface area contributed by atoms with Gasteiger partial charge in [0.1, 0.15) is 17.4 Å². The molecule has 0 atom stereocenters. The van der Waals surface area contributed by atoms with Gasteiger partial charge in [0.05, 0.1) is 48.5 Å². The Bertz CT molecular complexity index is 2350. The van der Waals surface area contributed by atoms with Crippen molar-refractivity contribution in [3.8, 4) is 0 Å². The van der Waals surface area contributed by atoms with E-state index in [9.17, 15) is 28.8 Å². The van der Waals surface area contributed by atoms with E-state index >= 15 is 0 Å². The topological polar surface area (TPSA) is 242 Å². The van der Waals surface area contributed by atoms with Crippen LogP contribution in [0.15, 0.2) is 99.3 Å². The molecule has 0 unspecified atom stereocenters. The maximum absolute atomic E-state index is 11.7. The van der Waals surface area contributed by atoms with Gasteiger partial charge in [0.2, 0.25) is 11.8 Å². The molecular formula is C42H45Br3ClN13O6. The maximum Gasteiger partial charge on any atom is 0.324 e. The summed E-state index contributed by atoms with van der Waals surface area (Å²) in [5.41, 5.74) is 9.70. The number of piperidine rings is 1. The second-order valence-electron chi connectivity index (χ2n) is 14.7. The lowest BCUT2D eigenvalue weighted by atomic mass is 10.1. The number of halogens is 4. The van der Waals surface area contributed by atoms with Gasteiger partial charge in [-0.3, -0.25) is 29.7 Å². The first-order valence-electron chi connectivity index (χ1n) is 19.9. The largest absolute Gasteiger partial charge is 0.383 e. The van der Waals surface area contributed by atoms with Crippen molar-refractivity contribution in [3.05, 3.63) is 127 Å². The predicted octanol–water partition coefficient (Wildman–Crippen LogP) is 6.24. The van der Waals surface area contributed by atoms with Crippen molar-refractivity contribution in [2.45, 2.75) is 58.3 Å². The lowest BCUT2D eigenvalue weighted by Gasteiger charge is -2.28. The minimum atomic E-state index is -0.349. The van der Waals surface area contributed by atoms with Crippen LogP contribution in [0, 0.1) is 0 Å². The van der Waals surface area contributed by atoms with Crippen LogP contribution in [-0.2, 0) is 40.6 Å². The molecule has 4 aromatic rings. The number of ketones is 1. The zero-order valence-electron chi connectivity index (χ0n) is 34.9. The summed E-state index contributed by atoms with van der Waals surface area (Å²) in [6.45, 7) is 11.4. The molecule has 4 fully saturated rings. The number of nitrogens with one attached hydrogen (secondary N) is 3. The van der Waals surface area contributed by atoms with Gasteiger partial charge in [-0.2, -0.15) is 0 Å². The molecule has 342 valence electrons. The Kier molecular flexibility index (Phi) is 18.9. The number of urea groups is 3. The molecule has 4 saturated heterocycles. The normalized spacial score (nSPS) is 16.2. The zero-order chi connectivity index (χ0) is 47.0. The molecule has 0 bridgehead atoms. The van der Waals surface area contributed by atoms with Crippen LogP contribution in [0.4, 0.5) is 20.2 Å². The third-order valence-corrected chi connectivity index (χ3v) is 11.2. The fourth-order valence-corrected chi connectivity index (χ4v) is 7.33. The highest BCUT2D eigenvalue weighted by atomic mass is 79.9. The molecule has 8 amide bonds. The fraction of sp³-hybridized carbons (Fsp3) is 0.310. The molecule has 5 N–H and O–H groups in total. The summed E-state index contributed by atoms with van der Waals surface area (Å²) in [5.74, 6) is 0.695. The number of rotatable bonds is 8. The van der Waals surface area contributed by atoms with E-state index < -0.39 is 0 Å². The second kappa shape index (κ2) is 24.4. The third kappa shape index (κ3) is 16.6. The summed E-state index contributed by atoms with van der Waals surface area (Å²) in [7, 11) is 0. The molecule has 0 radical (unpaired) electrons. The average Bonchev–Trinajstić information content (AvgIpc) is 3.25. The molecule has 8 rings (SSSR count). The van der Waals surface area contributed by atoms with E-state index in [2.05, 4.69) is 102 Å². The van der Waals surface area contributed by atoms with E-state index in [-0.39, 0.29) is 42.1 Å². The number of anilines is 1. The lowest BCUT2D eigenvalue weighted by Crippen LogP contribution is -2.48. The fourth-order valence-electron chi connectivity index (χ4n) is 6.18. The van der Waals surface area contributed by atoms with Crippen LogP contribution in [0.5, 0.6) is 0 Å². The minimum absolute atomic E-state index is 0.0104. The van der Waals surface area contributed by atoms with Crippen molar-refractivity contribution in [1.82, 2.24) is 60.5 Å². The smallest absolute Gasteiger partial charge is 0.324 e. The lowest BCUT2D eigenvalue weighted by molar-refractivity contribution is -0.140. The van der Waals surface area contributed by atoms with Crippen LogP contribution in [0.2, 0.25) is 5.02 Å². The monoisotopic (exact) mass is 1100 g/mol. The Morgan fingerprint density at radius 3 is 1.71 bits per heavy atom. The number of carbonyl (C=O) groups excluding carboxylic acids is 6. The van der Waals surface area contributed by atoms with Crippen LogP contribution in [0.1, 0.15) is 54.9 Å². The van der Waals surface area contributed by atoms with E-state index in [4.69, 9.17) is 17.3 Å². The highest BCUT2D eigenvalue weighted by Crippen LogP contribution is 2.20. The molecule has 4 aliphatic heterocycles. The molecule has 0 spiro atoms. The van der Waals surface area contributed by atoms with Gasteiger partial charge in [-0.05, 0) is 62.2 Å². The van der Waals surface area contributed by atoms with E-state index in [0.29, 0.717) is 81.9 Å². The molecule has 23 heteroatoms. The number of Topliss-reactive ketones (excluding diaryl/α,β-unsaturated/α-hetero) is 1. The molecule has 4 aliphatic rings. The van der Waals surface area contributed by atoms with Crippen LogP contribution in [0.25, 0.3) is 0 Å². The van der Waals surface area contributed by atoms with E-state index in [1.54, 1.807) is 62.7 Å². The third-order valence-electron chi connectivity index (χ3n) is 9.61. The number of aromatic nitrogens is 5. The molecular weight excluding hydrogens is 1060 g/mol. The Labute approximate surface area is 405 Å². The van der Waals surface area contributed by atoms with Crippen molar-refractivity contribution < 1.29 is 28.8 Å². The predicted molar refractivity (Wildman–Crippen MR) is 251 cm³/mol. The van der Waals surface area contributed by atoms with Crippen LogP contribution >= 0.6 is 59.4 Å². The summed E-state index contributed by atoms with van der Waals surface area (Å²) in [6, 6.07) is 8.41. The molecule has 0 saturated carbocycles. The van der Waals surface area contributed by atoms with Gasteiger partial charge in [-0.1, -0.05) is 40.7 Å². The highest BCUT2D eigenvalue weighted by molar-refractivity contribution is 9.11. The van der Waals surface area contributed by atoms with Gasteiger partial charge in [-0.25, -0.2) is 29.3 Å². The number of nitrogen functional groups attached to an aromatic ring is 1. The van der Waals surface area contributed by atoms with Gasteiger partial charge in [0.15, 0.2) is 0 Å². The van der Waals surface area contributed by atoms with Gasteiger partial charge in [-0.15, -0.1) is 0 Å². The van der Waals surface area contributed by atoms with E-state index in [1.807, 2.05) is 18.2 Å². The first-order valence-corrected chi connectivity index (χ1v) is 22.7. The number of amides is 8. The SMILES string of the molecule is C=C1CCN(Cc2cc(Br)cnc2N)C(=O)N1.C=C1CCN(Cc2cc(Cl)ccn2)C(=O)N1.O=C1CCN(Cc2cc(Br)ccn2)C(=O)N1.O=C1CCN(Cc2ncc(Br)cn2)C(=O)C1. The van der Waals surface area contributed by atoms with E-state index in [1.165, 1.54) is 0 Å². The molecule has 0 aromatic carbocycles. The average molecular weight is 1100 g/mol. The Morgan fingerprint density at radius 1 is 0.600 bits per heavy atom. The Morgan fingerprint density at radius 2 is 1.14 bits per heavy atom. The number of nitrogens with zero attached hydrogens (tertiary/aromatic N) is 9. The molecule has 65 heavy (non-hydrogen) atoms. The summed E-state index contributed by atoms with van der Waals surface area (Å²) >= 11 is 15.8. The number of hydrogen-bond donors (Lipinski definition) is 4. The number of pyridine rings is 3. The molecule has 0 aliphatic carbocycles. The maximum atomic E-state index is 11.7. The summed E-state index contributed by atoms with van der Waals surface area (Å²) in [4.78, 5) is 95.3. The summed E-state index contributed by atoms with van der Waals surface area (Å²) < 4.78 is 2.57. The first kappa shape index (κ1) is 50.2. The number of nitrogens with two attached hydrogens (primary N) is 1. The quantitative estimate of drug-likeness (QED) is 0.144. The molecule has 19 nitrogen and oxygen atoms in total. The van der Waals surface area contributed by atoms with Crippen LogP contribution in [-0.4, -0.2) is 106 Å². The van der Waals surface area contributed by atoms with Gasteiger partial charge < -0.3 is 36.0 Å². The minimum Gasteiger partial charge on any atom is -0.383 e. The zero-order valence-corrected chi connectivity index (χ0v) is 40.5. The van der Waals surface area contributed by atoms with Crippen molar-refractivity contribution >= 4 is 101 Å². The van der Waals surface area contributed by atoms with Crippen molar-refractivity contribution in [3.63, 3.8) is 0 Å². The van der Waals surface area contributed by atoms with Gasteiger partial charge >= 0.3 is 18.1 Å². The highest BCUT2D eigenvalue weighted by Gasteiger charge is 2.25. The summed E-state index contributed by atoms with van der Waals surface area (Å²) in [5, 5.41) is 8.30. The molecule has 4 aromatic heterocycles. The molecule has 8 heterocycles. The van der Waals surface area contributed by atoms with Crippen LogP contribution in [0.3, 0.4) is 0 Å². The van der Waals surface area contributed by atoms with Crippen molar-refractivity contribution in [2.75, 3.05) is 31.9 Å². The number of imide groups is 1. The Hall–Kier alpha value is -5.84. The second-order valence-corrected chi connectivity index (χ2v) is 17.8. The first-order chi connectivity index (χ1) is 31.0. The van der Waals surface area contributed by atoms with Gasteiger partial charge in [0.25, 0.3) is 0 Å².